The van der Waals surface area contributed by atoms with Crippen LogP contribution in [0, 0.1) is 6.92 Å². The number of hydrogen-bond acceptors (Lipinski definition) is 6. The summed E-state index contributed by atoms with van der Waals surface area (Å²) in [6.07, 6.45) is 2.22. The Bertz CT molecular complexity index is 688. The van der Waals surface area contributed by atoms with Gasteiger partial charge in [-0.3, -0.25) is 9.48 Å². The van der Waals surface area contributed by atoms with E-state index >= 15 is 0 Å². The molecule has 22 heavy (non-hydrogen) atoms. The average molecular weight is 303 g/mol. The van der Waals surface area contributed by atoms with Gasteiger partial charge in [0.1, 0.15) is 11.6 Å². The first-order chi connectivity index (χ1) is 10.6. The Hall–Kier alpha value is -2.22. The minimum atomic E-state index is 0.132. The van der Waals surface area contributed by atoms with Crippen LogP contribution in [0.2, 0.25) is 0 Å². The molecule has 3 rings (SSSR count). The molecule has 0 saturated carbocycles. The van der Waals surface area contributed by atoms with Crippen molar-refractivity contribution in [2.75, 3.05) is 37.6 Å². The van der Waals surface area contributed by atoms with E-state index in [2.05, 4.69) is 20.0 Å². The Labute approximate surface area is 128 Å². The minimum Gasteiger partial charge on any atom is -0.352 e. The summed E-state index contributed by atoms with van der Waals surface area (Å²) in [5.74, 6) is 1.77. The first-order valence-corrected chi connectivity index (χ1v) is 7.49. The summed E-state index contributed by atoms with van der Waals surface area (Å²) in [5.41, 5.74) is 6.29. The van der Waals surface area contributed by atoms with Crippen molar-refractivity contribution in [2.24, 2.45) is 12.8 Å². The lowest BCUT2D eigenvalue weighted by atomic mass is 10.2. The lowest BCUT2D eigenvalue weighted by Gasteiger charge is -2.35. The molecule has 1 fully saturated rings. The molecule has 2 aromatic heterocycles. The van der Waals surface area contributed by atoms with E-state index < -0.39 is 0 Å². The van der Waals surface area contributed by atoms with Gasteiger partial charge >= 0.3 is 0 Å². The third kappa shape index (κ3) is 2.61. The van der Waals surface area contributed by atoms with Gasteiger partial charge in [-0.05, 0) is 6.92 Å². The van der Waals surface area contributed by atoms with Crippen LogP contribution in [0.3, 0.4) is 0 Å². The van der Waals surface area contributed by atoms with Gasteiger partial charge in [-0.1, -0.05) is 0 Å². The summed E-state index contributed by atoms with van der Waals surface area (Å²) < 4.78 is 1.76. The van der Waals surface area contributed by atoms with Crippen molar-refractivity contribution in [1.82, 2.24) is 24.6 Å². The minimum absolute atomic E-state index is 0.132. The van der Waals surface area contributed by atoms with Crippen molar-refractivity contribution < 1.29 is 4.79 Å². The lowest BCUT2D eigenvalue weighted by molar-refractivity contribution is -0.131. The molecule has 0 aromatic carbocycles. The van der Waals surface area contributed by atoms with Crippen LogP contribution in [0.25, 0.3) is 11.0 Å². The molecule has 0 unspecified atom stereocenters. The fourth-order valence-electron chi connectivity index (χ4n) is 2.80. The van der Waals surface area contributed by atoms with Gasteiger partial charge in [-0.25, -0.2) is 9.97 Å². The Morgan fingerprint density at radius 1 is 1.27 bits per heavy atom. The van der Waals surface area contributed by atoms with Crippen molar-refractivity contribution in [3.63, 3.8) is 0 Å². The van der Waals surface area contributed by atoms with E-state index in [1.54, 1.807) is 10.9 Å². The van der Waals surface area contributed by atoms with Gasteiger partial charge < -0.3 is 15.5 Å². The van der Waals surface area contributed by atoms with Crippen molar-refractivity contribution in [2.45, 2.75) is 13.3 Å². The Morgan fingerprint density at radius 3 is 2.68 bits per heavy atom. The summed E-state index contributed by atoms with van der Waals surface area (Å²) in [5, 5.41) is 5.22. The fraction of sp³-hybridized carbons (Fsp3) is 0.571. The number of aryl methyl sites for hydroxylation is 2. The summed E-state index contributed by atoms with van der Waals surface area (Å²) >= 11 is 0. The SMILES string of the molecule is Cc1nc(N2CCN(C(=O)CCN)CC2)c2cnn(C)c2n1. The molecule has 8 nitrogen and oxygen atoms in total. The number of fused-ring (bicyclic) bond motifs is 1. The van der Waals surface area contributed by atoms with Gasteiger partial charge in [-0.2, -0.15) is 5.10 Å². The van der Waals surface area contributed by atoms with E-state index in [-0.39, 0.29) is 5.91 Å². The van der Waals surface area contributed by atoms with Crippen molar-refractivity contribution in [1.29, 1.82) is 0 Å². The number of carbonyl (C=O) groups excluding carboxylic acids is 1. The zero-order valence-corrected chi connectivity index (χ0v) is 13.0. The van der Waals surface area contributed by atoms with E-state index in [1.807, 2.05) is 18.9 Å². The Balaban J connectivity index is 1.81. The van der Waals surface area contributed by atoms with Crippen LogP contribution in [0.5, 0.6) is 0 Å². The monoisotopic (exact) mass is 303 g/mol. The highest BCUT2D eigenvalue weighted by molar-refractivity contribution is 5.87. The van der Waals surface area contributed by atoms with E-state index in [4.69, 9.17) is 5.73 Å². The second-order valence-electron chi connectivity index (χ2n) is 5.51. The second kappa shape index (κ2) is 5.88. The fourth-order valence-corrected chi connectivity index (χ4v) is 2.80. The van der Waals surface area contributed by atoms with Gasteiger partial charge in [0, 0.05) is 46.2 Å². The topological polar surface area (TPSA) is 93.2 Å². The molecule has 0 radical (unpaired) electrons. The molecular formula is C14H21N7O. The number of aromatic nitrogens is 4. The summed E-state index contributed by atoms with van der Waals surface area (Å²) in [7, 11) is 1.88. The third-order valence-electron chi connectivity index (χ3n) is 3.97. The number of carbonyl (C=O) groups is 1. The Morgan fingerprint density at radius 2 is 2.00 bits per heavy atom. The second-order valence-corrected chi connectivity index (χ2v) is 5.51. The molecule has 0 aliphatic carbocycles. The van der Waals surface area contributed by atoms with E-state index in [1.165, 1.54) is 0 Å². The van der Waals surface area contributed by atoms with Crippen LogP contribution in [0.1, 0.15) is 12.2 Å². The smallest absolute Gasteiger partial charge is 0.223 e. The van der Waals surface area contributed by atoms with Gasteiger partial charge in [0.15, 0.2) is 5.65 Å². The largest absolute Gasteiger partial charge is 0.352 e. The van der Waals surface area contributed by atoms with Crippen molar-refractivity contribution in [3.8, 4) is 0 Å². The predicted octanol–water partition coefficient (Wildman–Crippen LogP) is -0.331. The van der Waals surface area contributed by atoms with E-state index in [9.17, 15) is 4.79 Å². The lowest BCUT2D eigenvalue weighted by Crippen LogP contribution is -2.49. The maximum atomic E-state index is 11.9. The summed E-state index contributed by atoms with van der Waals surface area (Å²) in [4.78, 5) is 25.0. The molecule has 2 aromatic rings. The molecule has 0 spiro atoms. The molecule has 0 bridgehead atoms. The molecule has 2 N–H and O–H groups in total. The van der Waals surface area contributed by atoms with Crippen molar-refractivity contribution in [3.05, 3.63) is 12.0 Å². The van der Waals surface area contributed by atoms with Crippen LogP contribution in [0.4, 0.5) is 5.82 Å². The molecule has 1 amide bonds. The summed E-state index contributed by atoms with van der Waals surface area (Å²) in [6, 6.07) is 0. The molecule has 1 aliphatic heterocycles. The molecular weight excluding hydrogens is 282 g/mol. The standard InChI is InChI=1S/C14H21N7O/c1-10-17-13-11(9-16-19(13)2)14(18-10)21-7-5-20(6-8-21)12(22)3-4-15/h9H,3-8,15H2,1-2H3. The molecule has 0 atom stereocenters. The first kappa shape index (κ1) is 14.7. The number of piperazine rings is 1. The number of nitrogens with two attached hydrogens (primary N) is 1. The van der Waals surface area contributed by atoms with Gasteiger partial charge in [-0.15, -0.1) is 0 Å². The maximum Gasteiger partial charge on any atom is 0.223 e. The normalized spacial score (nSPS) is 15.6. The van der Waals surface area contributed by atoms with Gasteiger partial charge in [0.25, 0.3) is 0 Å². The van der Waals surface area contributed by atoms with E-state index in [0.717, 1.165) is 35.8 Å². The quantitative estimate of drug-likeness (QED) is 0.834. The zero-order chi connectivity index (χ0) is 15.7. The molecule has 1 saturated heterocycles. The Kier molecular flexibility index (Phi) is 3.93. The van der Waals surface area contributed by atoms with Crippen LogP contribution >= 0.6 is 0 Å². The number of rotatable bonds is 3. The number of amides is 1. The highest BCUT2D eigenvalue weighted by Crippen LogP contribution is 2.24. The highest BCUT2D eigenvalue weighted by atomic mass is 16.2. The summed E-state index contributed by atoms with van der Waals surface area (Å²) in [6.45, 7) is 5.21. The van der Waals surface area contributed by atoms with Gasteiger partial charge in [0.05, 0.1) is 11.6 Å². The molecule has 8 heteroatoms. The molecule has 118 valence electrons. The molecule has 1 aliphatic rings. The van der Waals surface area contributed by atoms with Crippen LogP contribution in [0.15, 0.2) is 6.20 Å². The van der Waals surface area contributed by atoms with Gasteiger partial charge in [0.2, 0.25) is 5.91 Å². The van der Waals surface area contributed by atoms with Crippen LogP contribution in [-0.2, 0) is 11.8 Å². The highest BCUT2D eigenvalue weighted by Gasteiger charge is 2.23. The van der Waals surface area contributed by atoms with Crippen LogP contribution < -0.4 is 10.6 Å². The van der Waals surface area contributed by atoms with E-state index in [0.29, 0.717) is 26.1 Å². The van der Waals surface area contributed by atoms with Crippen LogP contribution in [-0.4, -0.2) is 63.3 Å². The average Bonchev–Trinajstić information content (AvgIpc) is 2.88. The van der Waals surface area contributed by atoms with Crippen molar-refractivity contribution >= 4 is 22.8 Å². The first-order valence-electron chi connectivity index (χ1n) is 7.49. The third-order valence-corrected chi connectivity index (χ3v) is 3.97. The number of nitrogens with zero attached hydrogens (tertiary/aromatic N) is 6. The maximum absolute atomic E-state index is 11.9. The molecule has 3 heterocycles. The number of anilines is 1. The number of hydrogen-bond donors (Lipinski definition) is 1. The predicted molar refractivity (Wildman–Crippen MR) is 83.5 cm³/mol. The zero-order valence-electron chi connectivity index (χ0n) is 13.0.